The second-order valence-corrected chi connectivity index (χ2v) is 5.17. The normalized spacial score (nSPS) is 11.6. The Morgan fingerprint density at radius 3 is 2.63 bits per heavy atom. The monoisotopic (exact) mass is 316 g/mol. The van der Waals surface area contributed by atoms with Crippen LogP contribution in [0.3, 0.4) is 0 Å². The number of benzene rings is 1. The Morgan fingerprint density at radius 2 is 2.00 bits per heavy atom. The summed E-state index contributed by atoms with van der Waals surface area (Å²) in [5.41, 5.74) is 3.60. The van der Waals surface area contributed by atoms with Gasteiger partial charge in [-0.05, 0) is 49.3 Å². The molecule has 0 atom stereocenters. The highest BCUT2D eigenvalue weighted by Crippen LogP contribution is 2.24. The van der Waals surface area contributed by atoms with Gasteiger partial charge in [0.05, 0.1) is 0 Å². The summed E-state index contributed by atoms with van der Waals surface area (Å²) in [6.07, 6.45) is 6.97. The van der Waals surface area contributed by atoms with Gasteiger partial charge in [0.2, 0.25) is 0 Å². The van der Waals surface area contributed by atoms with Crippen LogP contribution < -0.4 is 5.32 Å². The maximum absolute atomic E-state index is 4.21. The highest BCUT2D eigenvalue weighted by molar-refractivity contribution is 9.10. The SMILES string of the molecule is CNCC/C=C(\c1ccc(Br)cc1)c1cccnc1. The molecule has 98 valence electrons. The molecule has 1 heterocycles. The molecule has 2 rings (SSSR count). The average molecular weight is 317 g/mol. The fourth-order valence-electron chi connectivity index (χ4n) is 1.91. The predicted octanol–water partition coefficient (Wildman–Crippen LogP) is 3.89. The summed E-state index contributed by atoms with van der Waals surface area (Å²) in [6, 6.07) is 12.5. The van der Waals surface area contributed by atoms with Crippen LogP contribution in [-0.4, -0.2) is 18.6 Å². The molecule has 3 heteroatoms. The molecule has 1 N–H and O–H groups in total. The molecule has 0 aliphatic heterocycles. The fourth-order valence-corrected chi connectivity index (χ4v) is 2.18. The molecule has 0 spiro atoms. The second-order valence-electron chi connectivity index (χ2n) is 4.26. The number of hydrogen-bond acceptors (Lipinski definition) is 2. The lowest BCUT2D eigenvalue weighted by Crippen LogP contribution is -2.06. The molecular formula is C16H17BrN2. The summed E-state index contributed by atoms with van der Waals surface area (Å²) in [7, 11) is 1.97. The van der Waals surface area contributed by atoms with Gasteiger partial charge in [-0.15, -0.1) is 0 Å². The Kier molecular flexibility index (Phi) is 5.31. The Hall–Kier alpha value is -1.45. The first-order chi connectivity index (χ1) is 9.31. The summed E-state index contributed by atoms with van der Waals surface area (Å²) < 4.78 is 1.09. The lowest BCUT2D eigenvalue weighted by molar-refractivity contribution is 0.808. The van der Waals surface area contributed by atoms with Crippen molar-refractivity contribution in [3.05, 3.63) is 70.5 Å². The van der Waals surface area contributed by atoms with E-state index >= 15 is 0 Å². The molecule has 0 fully saturated rings. The second kappa shape index (κ2) is 7.22. The summed E-state index contributed by atoms with van der Waals surface area (Å²) in [5, 5.41) is 3.17. The maximum Gasteiger partial charge on any atom is 0.0346 e. The average Bonchev–Trinajstić information content (AvgIpc) is 2.46. The van der Waals surface area contributed by atoms with Gasteiger partial charge in [0, 0.05) is 22.4 Å². The van der Waals surface area contributed by atoms with Gasteiger partial charge in [0.15, 0.2) is 0 Å². The van der Waals surface area contributed by atoms with Crippen molar-refractivity contribution in [1.29, 1.82) is 0 Å². The third-order valence-corrected chi connectivity index (χ3v) is 3.40. The molecule has 2 aromatic rings. The highest BCUT2D eigenvalue weighted by Gasteiger charge is 2.04. The Bertz CT molecular complexity index is 532. The zero-order valence-electron chi connectivity index (χ0n) is 10.9. The van der Waals surface area contributed by atoms with Crippen LogP contribution in [0.15, 0.2) is 59.3 Å². The zero-order chi connectivity index (χ0) is 13.5. The number of hydrogen-bond donors (Lipinski definition) is 1. The molecule has 0 bridgehead atoms. The van der Waals surface area contributed by atoms with Gasteiger partial charge in [0.25, 0.3) is 0 Å². The van der Waals surface area contributed by atoms with E-state index in [4.69, 9.17) is 0 Å². The van der Waals surface area contributed by atoms with Crippen molar-refractivity contribution in [2.45, 2.75) is 6.42 Å². The van der Waals surface area contributed by atoms with Gasteiger partial charge in [-0.3, -0.25) is 4.98 Å². The van der Waals surface area contributed by atoms with Crippen LogP contribution in [0.4, 0.5) is 0 Å². The molecule has 0 radical (unpaired) electrons. The molecule has 0 saturated heterocycles. The van der Waals surface area contributed by atoms with E-state index in [1.807, 2.05) is 19.3 Å². The van der Waals surface area contributed by atoms with E-state index in [0.717, 1.165) is 23.0 Å². The lowest BCUT2D eigenvalue weighted by Gasteiger charge is -2.08. The summed E-state index contributed by atoms with van der Waals surface area (Å²) in [5.74, 6) is 0. The van der Waals surface area contributed by atoms with Crippen molar-refractivity contribution in [2.75, 3.05) is 13.6 Å². The van der Waals surface area contributed by atoms with Crippen LogP contribution in [0, 0.1) is 0 Å². The number of nitrogens with zero attached hydrogens (tertiary/aromatic N) is 1. The van der Waals surface area contributed by atoms with Gasteiger partial charge >= 0.3 is 0 Å². The van der Waals surface area contributed by atoms with Gasteiger partial charge in [-0.1, -0.05) is 40.2 Å². The number of halogens is 1. The lowest BCUT2D eigenvalue weighted by atomic mass is 9.98. The van der Waals surface area contributed by atoms with E-state index in [0.29, 0.717) is 0 Å². The summed E-state index contributed by atoms with van der Waals surface area (Å²) >= 11 is 3.47. The minimum atomic E-state index is 0.973. The molecule has 19 heavy (non-hydrogen) atoms. The number of aromatic nitrogens is 1. The topological polar surface area (TPSA) is 24.9 Å². The minimum Gasteiger partial charge on any atom is -0.319 e. The largest absolute Gasteiger partial charge is 0.319 e. The predicted molar refractivity (Wildman–Crippen MR) is 84.0 cm³/mol. The summed E-state index contributed by atoms with van der Waals surface area (Å²) in [4.78, 5) is 4.21. The fraction of sp³-hybridized carbons (Fsp3) is 0.188. The van der Waals surface area contributed by atoms with Crippen molar-refractivity contribution in [3.8, 4) is 0 Å². The van der Waals surface area contributed by atoms with Crippen molar-refractivity contribution in [3.63, 3.8) is 0 Å². The Morgan fingerprint density at radius 1 is 1.21 bits per heavy atom. The summed E-state index contributed by atoms with van der Waals surface area (Å²) in [6.45, 7) is 0.973. The minimum absolute atomic E-state index is 0.973. The van der Waals surface area contributed by atoms with E-state index in [9.17, 15) is 0 Å². The number of pyridine rings is 1. The third-order valence-electron chi connectivity index (χ3n) is 2.87. The molecule has 1 aromatic carbocycles. The van der Waals surface area contributed by atoms with Crippen LogP contribution in [0.1, 0.15) is 17.5 Å². The molecule has 0 amide bonds. The third kappa shape index (κ3) is 4.01. The van der Waals surface area contributed by atoms with Crippen LogP contribution >= 0.6 is 15.9 Å². The highest BCUT2D eigenvalue weighted by atomic mass is 79.9. The van der Waals surface area contributed by atoms with E-state index in [-0.39, 0.29) is 0 Å². The molecule has 2 nitrogen and oxygen atoms in total. The van der Waals surface area contributed by atoms with Crippen LogP contribution in [0.2, 0.25) is 0 Å². The van der Waals surface area contributed by atoms with Gasteiger partial charge in [-0.2, -0.15) is 0 Å². The smallest absolute Gasteiger partial charge is 0.0346 e. The molecular weight excluding hydrogens is 300 g/mol. The van der Waals surface area contributed by atoms with Gasteiger partial charge in [0.1, 0.15) is 0 Å². The van der Waals surface area contributed by atoms with Gasteiger partial charge < -0.3 is 5.32 Å². The van der Waals surface area contributed by atoms with E-state index in [1.54, 1.807) is 6.20 Å². The van der Waals surface area contributed by atoms with Crippen molar-refractivity contribution in [1.82, 2.24) is 10.3 Å². The Balaban J connectivity index is 2.34. The first-order valence-electron chi connectivity index (χ1n) is 6.32. The van der Waals surface area contributed by atoms with Crippen molar-refractivity contribution >= 4 is 21.5 Å². The van der Waals surface area contributed by atoms with Crippen LogP contribution in [0.5, 0.6) is 0 Å². The van der Waals surface area contributed by atoms with Crippen molar-refractivity contribution in [2.24, 2.45) is 0 Å². The van der Waals surface area contributed by atoms with E-state index < -0.39 is 0 Å². The number of nitrogens with one attached hydrogen (secondary N) is 1. The van der Waals surface area contributed by atoms with Crippen LogP contribution in [0.25, 0.3) is 5.57 Å². The molecule has 0 saturated carbocycles. The zero-order valence-corrected chi connectivity index (χ0v) is 12.5. The quantitative estimate of drug-likeness (QED) is 0.847. The Labute approximate surface area is 122 Å². The molecule has 0 unspecified atom stereocenters. The number of rotatable bonds is 5. The maximum atomic E-state index is 4.21. The van der Waals surface area contributed by atoms with Crippen molar-refractivity contribution < 1.29 is 0 Å². The van der Waals surface area contributed by atoms with Gasteiger partial charge in [-0.25, -0.2) is 0 Å². The van der Waals surface area contributed by atoms with E-state index in [1.165, 1.54) is 11.1 Å². The molecule has 0 aliphatic carbocycles. The van der Waals surface area contributed by atoms with Crippen LogP contribution in [-0.2, 0) is 0 Å². The molecule has 1 aromatic heterocycles. The molecule has 0 aliphatic rings. The van der Waals surface area contributed by atoms with E-state index in [2.05, 4.69) is 62.6 Å². The first-order valence-corrected chi connectivity index (χ1v) is 7.11. The standard InChI is InChI=1S/C16H17BrN2/c1-18-10-3-5-16(14-4-2-11-19-12-14)13-6-8-15(17)9-7-13/h2,4-9,11-12,18H,3,10H2,1H3/b16-5+. The first kappa shape index (κ1) is 14.0.